The van der Waals surface area contributed by atoms with Crippen LogP contribution in [0.1, 0.15) is 24.8 Å². The van der Waals surface area contributed by atoms with E-state index in [1.807, 2.05) is 6.08 Å². The third-order valence-electron chi connectivity index (χ3n) is 2.85. The van der Waals surface area contributed by atoms with E-state index in [1.165, 1.54) is 43.6 Å². The predicted octanol–water partition coefficient (Wildman–Crippen LogP) is 3.32. The highest BCUT2D eigenvalue weighted by atomic mass is 15.1. The fraction of sp³-hybridized carbons (Fsp3) is 0.385. The Morgan fingerprint density at radius 2 is 1.64 bits per heavy atom. The average Bonchev–Trinajstić information content (AvgIpc) is 2.30. The molecule has 0 radical (unpaired) electrons. The molecule has 0 unspecified atom stereocenters. The second-order valence-electron chi connectivity index (χ2n) is 3.84. The lowest BCUT2D eigenvalue weighted by molar-refractivity contribution is 0.578. The summed E-state index contributed by atoms with van der Waals surface area (Å²) >= 11 is 0. The number of benzene rings is 1. The van der Waals surface area contributed by atoms with Gasteiger partial charge in [-0.25, -0.2) is 0 Å². The van der Waals surface area contributed by atoms with Crippen molar-refractivity contribution in [2.24, 2.45) is 0 Å². The molecule has 0 atom stereocenters. The maximum Gasteiger partial charge on any atom is 0.0366 e. The van der Waals surface area contributed by atoms with E-state index < -0.39 is 0 Å². The molecule has 1 aromatic rings. The number of anilines is 1. The third kappa shape index (κ3) is 1.98. The zero-order chi connectivity index (χ0) is 9.80. The van der Waals surface area contributed by atoms with Crippen LogP contribution in [0.25, 0.3) is 6.08 Å². The smallest absolute Gasteiger partial charge is 0.0366 e. The quantitative estimate of drug-likeness (QED) is 0.686. The van der Waals surface area contributed by atoms with Gasteiger partial charge in [-0.2, -0.15) is 0 Å². The molecule has 14 heavy (non-hydrogen) atoms. The van der Waals surface area contributed by atoms with Gasteiger partial charge in [0.15, 0.2) is 0 Å². The minimum Gasteiger partial charge on any atom is -0.372 e. The van der Waals surface area contributed by atoms with Crippen LogP contribution in [-0.2, 0) is 0 Å². The van der Waals surface area contributed by atoms with E-state index in [4.69, 9.17) is 0 Å². The zero-order valence-corrected chi connectivity index (χ0v) is 8.58. The summed E-state index contributed by atoms with van der Waals surface area (Å²) in [5.41, 5.74) is 2.56. The maximum atomic E-state index is 3.76. The molecule has 0 bridgehead atoms. The third-order valence-corrected chi connectivity index (χ3v) is 2.85. The molecule has 0 saturated carbocycles. The Kier molecular flexibility index (Phi) is 2.87. The van der Waals surface area contributed by atoms with E-state index in [9.17, 15) is 0 Å². The monoisotopic (exact) mass is 187 g/mol. The highest BCUT2D eigenvalue weighted by Crippen LogP contribution is 2.20. The summed E-state index contributed by atoms with van der Waals surface area (Å²) in [7, 11) is 0. The number of hydrogen-bond acceptors (Lipinski definition) is 1. The molecule has 74 valence electrons. The summed E-state index contributed by atoms with van der Waals surface area (Å²) in [6, 6.07) is 8.67. The van der Waals surface area contributed by atoms with Gasteiger partial charge in [0.2, 0.25) is 0 Å². The molecule has 1 heteroatoms. The Labute approximate surface area is 86.1 Å². The standard InChI is InChI=1S/C13H17N/c1-2-12-6-8-13(9-7-12)14-10-4-3-5-11-14/h2,6-9H,1,3-5,10-11H2. The average molecular weight is 187 g/mol. The predicted molar refractivity (Wildman–Crippen MR) is 62.6 cm³/mol. The first-order valence-electron chi connectivity index (χ1n) is 5.37. The molecule has 0 aliphatic carbocycles. The van der Waals surface area contributed by atoms with E-state index in [0.29, 0.717) is 0 Å². The molecule has 2 rings (SSSR count). The fourth-order valence-corrected chi connectivity index (χ4v) is 1.97. The van der Waals surface area contributed by atoms with Crippen molar-refractivity contribution < 1.29 is 0 Å². The topological polar surface area (TPSA) is 3.24 Å². The Balaban J connectivity index is 2.11. The van der Waals surface area contributed by atoms with Crippen molar-refractivity contribution in [3.8, 4) is 0 Å². The van der Waals surface area contributed by atoms with E-state index in [0.717, 1.165) is 0 Å². The molecule has 1 heterocycles. The number of hydrogen-bond donors (Lipinski definition) is 0. The van der Waals surface area contributed by atoms with Crippen molar-refractivity contribution in [3.05, 3.63) is 36.4 Å². The lowest BCUT2D eigenvalue weighted by atomic mass is 10.1. The SMILES string of the molecule is C=Cc1ccc(N2CCCCC2)cc1. The van der Waals surface area contributed by atoms with E-state index in [1.54, 1.807) is 0 Å². The molecule has 1 aromatic carbocycles. The number of nitrogens with zero attached hydrogens (tertiary/aromatic N) is 1. The molecule has 1 aliphatic rings. The first-order valence-corrected chi connectivity index (χ1v) is 5.37. The van der Waals surface area contributed by atoms with Crippen molar-refractivity contribution in [2.75, 3.05) is 18.0 Å². The van der Waals surface area contributed by atoms with Crippen LogP contribution >= 0.6 is 0 Å². The van der Waals surface area contributed by atoms with Gasteiger partial charge < -0.3 is 4.90 Å². The Morgan fingerprint density at radius 1 is 1.00 bits per heavy atom. The summed E-state index contributed by atoms with van der Waals surface area (Å²) in [6.45, 7) is 6.19. The van der Waals surface area contributed by atoms with E-state index in [-0.39, 0.29) is 0 Å². The van der Waals surface area contributed by atoms with Crippen LogP contribution in [-0.4, -0.2) is 13.1 Å². The highest BCUT2D eigenvalue weighted by Gasteiger charge is 2.09. The summed E-state index contributed by atoms with van der Waals surface area (Å²) in [5, 5.41) is 0. The molecular weight excluding hydrogens is 170 g/mol. The number of piperidine rings is 1. The Bertz CT molecular complexity index is 294. The largest absolute Gasteiger partial charge is 0.372 e. The van der Waals surface area contributed by atoms with Gasteiger partial charge in [0.05, 0.1) is 0 Å². The summed E-state index contributed by atoms with van der Waals surface area (Å²) in [4.78, 5) is 2.47. The van der Waals surface area contributed by atoms with Crippen molar-refractivity contribution in [2.45, 2.75) is 19.3 Å². The maximum absolute atomic E-state index is 3.76. The van der Waals surface area contributed by atoms with Crippen molar-refractivity contribution >= 4 is 11.8 Å². The van der Waals surface area contributed by atoms with Gasteiger partial charge >= 0.3 is 0 Å². The van der Waals surface area contributed by atoms with E-state index >= 15 is 0 Å². The molecule has 0 amide bonds. The van der Waals surface area contributed by atoms with Crippen molar-refractivity contribution in [1.82, 2.24) is 0 Å². The van der Waals surface area contributed by atoms with Gasteiger partial charge in [-0.3, -0.25) is 0 Å². The van der Waals surface area contributed by atoms with E-state index in [2.05, 4.69) is 35.7 Å². The molecule has 0 spiro atoms. The molecule has 1 saturated heterocycles. The highest BCUT2D eigenvalue weighted by molar-refractivity contribution is 5.54. The molecule has 1 fully saturated rings. The van der Waals surface area contributed by atoms with Crippen molar-refractivity contribution in [1.29, 1.82) is 0 Å². The molecular formula is C13H17N. The van der Waals surface area contributed by atoms with Crippen LogP contribution in [0.2, 0.25) is 0 Å². The minimum absolute atomic E-state index is 1.20. The van der Waals surface area contributed by atoms with Gasteiger partial charge in [-0.05, 0) is 37.0 Å². The van der Waals surface area contributed by atoms with Crippen LogP contribution in [0, 0.1) is 0 Å². The van der Waals surface area contributed by atoms with Crippen LogP contribution in [0.5, 0.6) is 0 Å². The summed E-state index contributed by atoms with van der Waals surface area (Å²) in [6.07, 6.45) is 5.95. The second-order valence-corrected chi connectivity index (χ2v) is 3.84. The lowest BCUT2D eigenvalue weighted by Crippen LogP contribution is -2.29. The first kappa shape index (κ1) is 9.32. The first-order chi connectivity index (χ1) is 6.90. The zero-order valence-electron chi connectivity index (χ0n) is 8.58. The Hall–Kier alpha value is -1.24. The fourth-order valence-electron chi connectivity index (χ4n) is 1.97. The van der Waals surface area contributed by atoms with Gasteiger partial charge in [-0.15, -0.1) is 0 Å². The minimum atomic E-state index is 1.20. The van der Waals surface area contributed by atoms with Crippen molar-refractivity contribution in [3.63, 3.8) is 0 Å². The van der Waals surface area contributed by atoms with Gasteiger partial charge in [0.25, 0.3) is 0 Å². The van der Waals surface area contributed by atoms with Gasteiger partial charge in [0, 0.05) is 18.8 Å². The van der Waals surface area contributed by atoms with Gasteiger partial charge in [0.1, 0.15) is 0 Å². The summed E-state index contributed by atoms with van der Waals surface area (Å²) < 4.78 is 0. The molecule has 0 N–H and O–H groups in total. The second kappa shape index (κ2) is 4.32. The van der Waals surface area contributed by atoms with Crippen LogP contribution in [0.4, 0.5) is 5.69 Å². The molecule has 0 aromatic heterocycles. The van der Waals surface area contributed by atoms with Gasteiger partial charge in [-0.1, -0.05) is 24.8 Å². The van der Waals surface area contributed by atoms with Crippen LogP contribution in [0.15, 0.2) is 30.8 Å². The van der Waals surface area contributed by atoms with Crippen LogP contribution in [0.3, 0.4) is 0 Å². The molecule has 1 nitrogen and oxygen atoms in total. The van der Waals surface area contributed by atoms with Crippen LogP contribution < -0.4 is 4.90 Å². The Morgan fingerprint density at radius 3 is 2.21 bits per heavy atom. The lowest BCUT2D eigenvalue weighted by Gasteiger charge is -2.28. The normalized spacial score (nSPS) is 16.7. The summed E-state index contributed by atoms with van der Waals surface area (Å²) in [5.74, 6) is 0. The number of rotatable bonds is 2. The molecule has 1 aliphatic heterocycles.